The second-order valence-corrected chi connectivity index (χ2v) is 11.3. The van der Waals surface area contributed by atoms with Crippen LogP contribution in [-0.2, 0) is 14.3 Å². The first-order chi connectivity index (χ1) is 19.5. The van der Waals surface area contributed by atoms with E-state index in [2.05, 4.69) is 4.74 Å². The van der Waals surface area contributed by atoms with Crippen molar-refractivity contribution in [1.29, 1.82) is 0 Å². The van der Waals surface area contributed by atoms with Gasteiger partial charge in [-0.15, -0.1) is 0 Å². The first-order valence-electron chi connectivity index (χ1n) is 14.0. The highest BCUT2D eigenvalue weighted by molar-refractivity contribution is 6.16. The van der Waals surface area contributed by atoms with E-state index in [1.165, 1.54) is 0 Å². The lowest BCUT2D eigenvalue weighted by Crippen LogP contribution is -2.40. The summed E-state index contributed by atoms with van der Waals surface area (Å²) in [5.41, 5.74) is 5.87. The van der Waals surface area contributed by atoms with Crippen LogP contribution in [0.2, 0.25) is 0 Å². The molecule has 3 N–H and O–H groups in total. The van der Waals surface area contributed by atoms with E-state index in [-0.39, 0.29) is 18.1 Å². The molecule has 0 saturated carbocycles. The first kappa shape index (κ1) is 30.2. The Kier molecular flexibility index (Phi) is 9.14. The Labute approximate surface area is 241 Å². The number of hydrogen-bond acceptors (Lipinski definition) is 7. The van der Waals surface area contributed by atoms with Crippen molar-refractivity contribution < 1.29 is 34.4 Å². The van der Waals surface area contributed by atoms with Crippen LogP contribution in [0.15, 0.2) is 53.6 Å². The number of rotatable bonds is 8. The number of methoxy groups -OCH3 is 1. The minimum atomic E-state index is -1.03. The van der Waals surface area contributed by atoms with Gasteiger partial charge in [-0.25, -0.2) is 4.79 Å². The summed E-state index contributed by atoms with van der Waals surface area (Å²) in [4.78, 5) is 39.1. The Morgan fingerprint density at radius 1 is 1.10 bits per heavy atom. The third-order valence-corrected chi connectivity index (χ3v) is 8.42. The van der Waals surface area contributed by atoms with Gasteiger partial charge in [-0.05, 0) is 84.6 Å². The van der Waals surface area contributed by atoms with Crippen LogP contribution in [0.1, 0.15) is 55.4 Å². The van der Waals surface area contributed by atoms with Gasteiger partial charge < -0.3 is 20.1 Å². The third-order valence-electron chi connectivity index (χ3n) is 8.42. The Bertz CT molecular complexity index is 1370. The molecular weight excluding hydrogens is 522 g/mol. The highest BCUT2D eigenvalue weighted by atomic mass is 16.5. The monoisotopic (exact) mass is 561 g/mol. The number of phenolic OH excluding ortho intramolecular Hbond substituents is 1. The summed E-state index contributed by atoms with van der Waals surface area (Å²) < 4.78 is 4.68. The average Bonchev–Trinajstić information content (AvgIpc) is 3.21. The van der Waals surface area contributed by atoms with Gasteiger partial charge in [0.2, 0.25) is 11.8 Å². The maximum absolute atomic E-state index is 13.3. The topological polar surface area (TPSA) is 124 Å². The third kappa shape index (κ3) is 5.85. The maximum Gasteiger partial charge on any atom is 0.423 e. The number of carbonyl (C=O) groups is 3. The van der Waals surface area contributed by atoms with E-state index in [0.717, 1.165) is 40.5 Å². The van der Waals surface area contributed by atoms with Crippen LogP contribution in [0.4, 0.5) is 4.79 Å². The zero-order valence-corrected chi connectivity index (χ0v) is 24.3. The number of carbonyl (C=O) groups excluding carboxylic acids is 3. The SMILES string of the molecule is COC(=O)N1C(=O)[C@@H]2[C@@H](CC(C(C)C)=C([C@H](O)CC/C(=C/c3cc(C)c(O)c(C)c3)c3ccccc3)[C@@H]2CO)C1=O. The zero-order valence-electron chi connectivity index (χ0n) is 24.3. The van der Waals surface area contributed by atoms with E-state index >= 15 is 0 Å². The van der Waals surface area contributed by atoms with Crippen molar-refractivity contribution in [3.63, 3.8) is 0 Å². The minimum Gasteiger partial charge on any atom is -0.507 e. The molecule has 1 aliphatic carbocycles. The lowest BCUT2D eigenvalue weighted by Gasteiger charge is -2.38. The zero-order chi connectivity index (χ0) is 30.0. The Balaban J connectivity index is 1.68. The molecule has 4 atom stereocenters. The van der Waals surface area contributed by atoms with Crippen LogP contribution in [0.3, 0.4) is 0 Å². The fourth-order valence-electron chi connectivity index (χ4n) is 6.39. The van der Waals surface area contributed by atoms with Gasteiger partial charge in [0.05, 0.1) is 31.7 Å². The molecule has 1 aliphatic heterocycles. The summed E-state index contributed by atoms with van der Waals surface area (Å²) in [6.45, 7) is 7.19. The number of aromatic hydroxyl groups is 1. The van der Waals surface area contributed by atoms with E-state index in [0.29, 0.717) is 23.3 Å². The molecule has 0 spiro atoms. The number of aliphatic hydroxyl groups excluding tert-OH is 2. The molecule has 0 bridgehead atoms. The van der Waals surface area contributed by atoms with Crippen LogP contribution < -0.4 is 0 Å². The van der Waals surface area contributed by atoms with Gasteiger partial charge in [0, 0.05) is 5.92 Å². The van der Waals surface area contributed by atoms with Gasteiger partial charge >= 0.3 is 6.09 Å². The van der Waals surface area contributed by atoms with Gasteiger partial charge in [0.15, 0.2) is 0 Å². The fraction of sp³-hybridized carbons (Fsp3) is 0.424. The lowest BCUT2D eigenvalue weighted by atomic mass is 9.66. The van der Waals surface area contributed by atoms with Gasteiger partial charge in [-0.2, -0.15) is 4.90 Å². The number of amides is 3. The van der Waals surface area contributed by atoms with Crippen LogP contribution >= 0.6 is 0 Å². The molecule has 2 aromatic rings. The number of phenols is 1. The number of nitrogens with zero attached hydrogens (tertiary/aromatic N) is 1. The molecule has 4 rings (SSSR count). The Morgan fingerprint density at radius 3 is 2.29 bits per heavy atom. The van der Waals surface area contributed by atoms with E-state index in [1.54, 1.807) is 0 Å². The summed E-state index contributed by atoms with van der Waals surface area (Å²) in [6, 6.07) is 13.7. The van der Waals surface area contributed by atoms with Crippen LogP contribution in [0.5, 0.6) is 5.75 Å². The second-order valence-electron chi connectivity index (χ2n) is 11.3. The van der Waals surface area contributed by atoms with Crippen LogP contribution in [-0.4, -0.2) is 57.9 Å². The van der Waals surface area contributed by atoms with E-state index in [4.69, 9.17) is 0 Å². The molecule has 8 heteroatoms. The average molecular weight is 562 g/mol. The van der Waals surface area contributed by atoms with Crippen molar-refractivity contribution in [2.45, 2.75) is 53.1 Å². The van der Waals surface area contributed by atoms with Crippen LogP contribution in [0.25, 0.3) is 11.6 Å². The van der Waals surface area contributed by atoms with Crippen molar-refractivity contribution in [3.05, 3.63) is 75.9 Å². The predicted octanol–water partition coefficient (Wildman–Crippen LogP) is 5.02. The van der Waals surface area contributed by atoms with Crippen LogP contribution in [0, 0.1) is 37.5 Å². The van der Waals surface area contributed by atoms with E-state index in [9.17, 15) is 29.7 Å². The van der Waals surface area contributed by atoms with Gasteiger partial charge in [0.25, 0.3) is 0 Å². The summed E-state index contributed by atoms with van der Waals surface area (Å²) in [7, 11) is 1.11. The number of fused-ring (bicyclic) bond motifs is 1. The second kappa shape index (κ2) is 12.4. The van der Waals surface area contributed by atoms with Crippen molar-refractivity contribution in [3.8, 4) is 5.75 Å². The molecule has 8 nitrogen and oxygen atoms in total. The van der Waals surface area contributed by atoms with Gasteiger partial charge in [0.1, 0.15) is 5.75 Å². The summed E-state index contributed by atoms with van der Waals surface area (Å²) in [5, 5.41) is 32.4. The minimum absolute atomic E-state index is 0.0446. The number of allylic oxidation sites excluding steroid dienone is 2. The molecule has 3 amide bonds. The van der Waals surface area contributed by atoms with E-state index < -0.39 is 48.4 Å². The fourth-order valence-corrected chi connectivity index (χ4v) is 6.39. The predicted molar refractivity (Wildman–Crippen MR) is 155 cm³/mol. The maximum atomic E-state index is 13.3. The molecule has 1 heterocycles. The Hall–Kier alpha value is -3.75. The normalized spacial score (nSPS) is 21.9. The largest absolute Gasteiger partial charge is 0.507 e. The number of imide groups is 3. The molecule has 0 unspecified atom stereocenters. The standard InChI is InChI=1S/C33H39NO7/c1-18(2)24-16-25-29(32(39)34(31(25)38)33(40)41-5)26(17-35)28(24)27(36)12-11-23(22-9-7-6-8-10-22)15-21-13-19(3)30(37)20(4)14-21/h6-10,13-15,18,25-27,29,35-37H,11-12,16-17H2,1-5H3/b23-15-/t25-,26+,27-,29-/m1/s1. The van der Waals surface area contributed by atoms with Gasteiger partial charge in [-0.1, -0.05) is 55.8 Å². The molecule has 218 valence electrons. The van der Waals surface area contributed by atoms with Gasteiger partial charge in [-0.3, -0.25) is 9.59 Å². The molecule has 1 saturated heterocycles. The number of likely N-dealkylation sites (tertiary alicyclic amines) is 1. The number of benzene rings is 2. The lowest BCUT2D eigenvalue weighted by molar-refractivity contribution is -0.137. The Morgan fingerprint density at radius 2 is 1.73 bits per heavy atom. The number of aliphatic hydroxyl groups is 2. The molecule has 0 aromatic heterocycles. The number of ether oxygens (including phenoxy) is 1. The number of aryl methyl sites for hydroxylation is 2. The molecule has 41 heavy (non-hydrogen) atoms. The van der Waals surface area contributed by atoms with Crippen molar-refractivity contribution in [1.82, 2.24) is 4.90 Å². The van der Waals surface area contributed by atoms with Crippen molar-refractivity contribution in [2.75, 3.05) is 13.7 Å². The molecule has 0 radical (unpaired) electrons. The highest BCUT2D eigenvalue weighted by Crippen LogP contribution is 2.48. The quantitative estimate of drug-likeness (QED) is 0.235. The first-order valence-corrected chi connectivity index (χ1v) is 14.0. The highest BCUT2D eigenvalue weighted by Gasteiger charge is 2.57. The number of hydrogen-bond donors (Lipinski definition) is 3. The molecule has 2 aromatic carbocycles. The van der Waals surface area contributed by atoms with Crippen molar-refractivity contribution >= 4 is 29.6 Å². The van der Waals surface area contributed by atoms with Crippen molar-refractivity contribution in [2.24, 2.45) is 23.7 Å². The molecular formula is C33H39NO7. The smallest absolute Gasteiger partial charge is 0.423 e. The summed E-state index contributed by atoms with van der Waals surface area (Å²) >= 11 is 0. The summed E-state index contributed by atoms with van der Waals surface area (Å²) in [5.74, 6) is -3.61. The van der Waals surface area contributed by atoms with E-state index in [1.807, 2.05) is 76.2 Å². The summed E-state index contributed by atoms with van der Waals surface area (Å²) in [6.07, 6.45) is 1.09. The molecule has 2 aliphatic rings. The molecule has 1 fully saturated rings.